The number of fused-ring (bicyclic) bond motifs is 1. The summed E-state index contributed by atoms with van der Waals surface area (Å²) < 4.78 is 11.7. The molecule has 6 nitrogen and oxygen atoms in total. The number of methoxy groups -OCH3 is 2. The fraction of sp³-hybridized carbons (Fsp3) is 0.300. The van der Waals surface area contributed by atoms with Gasteiger partial charge in [-0.25, -0.2) is 4.98 Å². The minimum Gasteiger partial charge on any atom is -0.497 e. The van der Waals surface area contributed by atoms with E-state index in [2.05, 4.69) is 24.4 Å². The zero-order chi connectivity index (χ0) is 19.6. The van der Waals surface area contributed by atoms with E-state index < -0.39 is 0 Å². The van der Waals surface area contributed by atoms with E-state index in [-0.39, 0.29) is 12.5 Å². The second-order valence-electron chi connectivity index (χ2n) is 6.34. The Hall–Kier alpha value is -2.80. The summed E-state index contributed by atoms with van der Waals surface area (Å²) in [5.74, 6) is 1.08. The average molecular weight is 385 g/mol. The second kappa shape index (κ2) is 7.84. The highest BCUT2D eigenvalue weighted by atomic mass is 32.1. The lowest BCUT2D eigenvalue weighted by Gasteiger charge is -2.16. The molecule has 1 aromatic heterocycles. The van der Waals surface area contributed by atoms with Crippen molar-refractivity contribution in [1.29, 1.82) is 0 Å². The number of carbonyl (C=O) groups is 1. The Morgan fingerprint density at radius 1 is 1.15 bits per heavy atom. The number of likely N-dealkylation sites (N-methyl/N-ethyl adjacent to an activating group) is 1. The monoisotopic (exact) mass is 385 g/mol. The first kappa shape index (κ1) is 19.0. The number of thiazole rings is 1. The van der Waals surface area contributed by atoms with Crippen molar-refractivity contribution in [1.82, 2.24) is 4.98 Å². The lowest BCUT2D eigenvalue weighted by molar-refractivity contribution is -0.114. The summed E-state index contributed by atoms with van der Waals surface area (Å²) in [6, 6.07) is 9.45. The summed E-state index contributed by atoms with van der Waals surface area (Å²) in [4.78, 5) is 19.1. The van der Waals surface area contributed by atoms with Crippen LogP contribution in [-0.2, 0) is 4.79 Å². The normalized spacial score (nSPS) is 10.7. The van der Waals surface area contributed by atoms with Gasteiger partial charge in [0.2, 0.25) is 5.91 Å². The fourth-order valence-electron chi connectivity index (χ4n) is 2.79. The summed E-state index contributed by atoms with van der Waals surface area (Å²) in [5, 5.41) is 3.70. The molecule has 2 aromatic carbocycles. The Balaban J connectivity index is 1.75. The number of ether oxygens (including phenoxy) is 2. The number of amides is 1. The molecule has 3 aromatic rings. The van der Waals surface area contributed by atoms with Gasteiger partial charge >= 0.3 is 0 Å². The van der Waals surface area contributed by atoms with Crippen LogP contribution in [0.4, 0.5) is 10.8 Å². The van der Waals surface area contributed by atoms with E-state index in [1.54, 1.807) is 43.8 Å². The zero-order valence-electron chi connectivity index (χ0n) is 16.1. The molecule has 0 atom stereocenters. The third-order valence-corrected chi connectivity index (χ3v) is 5.63. The number of carbonyl (C=O) groups excluding carboxylic acids is 1. The Morgan fingerprint density at radius 3 is 2.56 bits per heavy atom. The Bertz CT molecular complexity index is 945. The highest BCUT2D eigenvalue weighted by Crippen LogP contribution is 2.33. The summed E-state index contributed by atoms with van der Waals surface area (Å²) in [6.07, 6.45) is 0. The average Bonchev–Trinajstić information content (AvgIpc) is 3.12. The van der Waals surface area contributed by atoms with Crippen LogP contribution >= 0.6 is 11.3 Å². The van der Waals surface area contributed by atoms with Crippen LogP contribution in [0.2, 0.25) is 0 Å². The number of aromatic nitrogens is 1. The van der Waals surface area contributed by atoms with E-state index in [4.69, 9.17) is 14.5 Å². The van der Waals surface area contributed by atoms with E-state index in [0.29, 0.717) is 17.2 Å². The molecule has 0 aliphatic heterocycles. The Labute approximate surface area is 162 Å². The number of nitrogens with zero attached hydrogens (tertiary/aromatic N) is 2. The van der Waals surface area contributed by atoms with Gasteiger partial charge in [-0.15, -0.1) is 0 Å². The standard InChI is InChI=1S/C20H23N3O3S/c1-12-6-7-13(2)19-18(12)22-20(27-19)23(3)11-17(24)21-15-9-8-14(25-4)10-16(15)26-5/h6-10H,11H2,1-5H3,(H,21,24). The van der Waals surface area contributed by atoms with Crippen LogP contribution in [0.15, 0.2) is 30.3 Å². The van der Waals surface area contributed by atoms with E-state index in [9.17, 15) is 4.79 Å². The molecule has 0 bridgehead atoms. The van der Waals surface area contributed by atoms with Crippen molar-refractivity contribution in [2.24, 2.45) is 0 Å². The maximum Gasteiger partial charge on any atom is 0.244 e. The molecule has 1 heterocycles. The number of rotatable bonds is 6. The highest BCUT2D eigenvalue weighted by molar-refractivity contribution is 7.22. The van der Waals surface area contributed by atoms with Gasteiger partial charge in [-0.2, -0.15) is 0 Å². The minimum atomic E-state index is -0.145. The molecule has 1 N–H and O–H groups in total. The molecule has 3 rings (SSSR count). The first-order chi connectivity index (χ1) is 12.9. The highest BCUT2D eigenvalue weighted by Gasteiger charge is 2.15. The predicted octanol–water partition coefficient (Wildman–Crippen LogP) is 4.01. The topological polar surface area (TPSA) is 63.7 Å². The van der Waals surface area contributed by atoms with Crippen molar-refractivity contribution < 1.29 is 14.3 Å². The molecule has 0 radical (unpaired) electrons. The van der Waals surface area contributed by atoms with Gasteiger partial charge < -0.3 is 19.7 Å². The number of hydrogen-bond acceptors (Lipinski definition) is 6. The Morgan fingerprint density at radius 2 is 1.89 bits per heavy atom. The molecule has 0 unspecified atom stereocenters. The molecule has 0 fully saturated rings. The van der Waals surface area contributed by atoms with Crippen molar-refractivity contribution >= 4 is 38.3 Å². The van der Waals surface area contributed by atoms with Gasteiger partial charge in [0.15, 0.2) is 5.13 Å². The second-order valence-corrected chi connectivity index (χ2v) is 7.32. The smallest absolute Gasteiger partial charge is 0.244 e. The SMILES string of the molecule is COc1ccc(NC(=O)CN(C)c2nc3c(C)ccc(C)c3s2)c(OC)c1. The molecule has 1 amide bonds. The number of benzene rings is 2. The van der Waals surface area contributed by atoms with Gasteiger partial charge in [0.25, 0.3) is 0 Å². The van der Waals surface area contributed by atoms with E-state index >= 15 is 0 Å². The zero-order valence-corrected chi connectivity index (χ0v) is 16.9. The lowest BCUT2D eigenvalue weighted by Crippen LogP contribution is -2.30. The van der Waals surface area contributed by atoms with Gasteiger partial charge in [-0.3, -0.25) is 4.79 Å². The fourth-order valence-corrected chi connectivity index (χ4v) is 3.86. The molecule has 0 spiro atoms. The van der Waals surface area contributed by atoms with Gasteiger partial charge in [0.1, 0.15) is 11.5 Å². The number of anilines is 2. The van der Waals surface area contributed by atoms with E-state index in [1.807, 2.05) is 18.9 Å². The summed E-state index contributed by atoms with van der Waals surface area (Å²) in [5.41, 5.74) is 3.94. The van der Waals surface area contributed by atoms with Crippen LogP contribution in [0.5, 0.6) is 11.5 Å². The van der Waals surface area contributed by atoms with E-state index in [0.717, 1.165) is 20.9 Å². The summed E-state index contributed by atoms with van der Waals surface area (Å²) in [6.45, 7) is 4.31. The van der Waals surface area contributed by atoms with Crippen molar-refractivity contribution in [2.75, 3.05) is 38.0 Å². The first-order valence-electron chi connectivity index (χ1n) is 8.52. The van der Waals surface area contributed by atoms with Gasteiger partial charge in [-0.05, 0) is 37.1 Å². The largest absolute Gasteiger partial charge is 0.497 e. The van der Waals surface area contributed by atoms with Gasteiger partial charge in [0.05, 0.1) is 36.7 Å². The molecule has 27 heavy (non-hydrogen) atoms. The maximum atomic E-state index is 12.5. The lowest BCUT2D eigenvalue weighted by atomic mass is 10.1. The van der Waals surface area contributed by atoms with E-state index in [1.165, 1.54) is 5.56 Å². The third kappa shape index (κ3) is 3.98. The molecule has 0 aliphatic rings. The number of nitrogens with one attached hydrogen (secondary N) is 1. The van der Waals surface area contributed by atoms with Crippen molar-refractivity contribution in [3.63, 3.8) is 0 Å². The minimum absolute atomic E-state index is 0.145. The van der Waals surface area contributed by atoms with Crippen LogP contribution in [0.25, 0.3) is 10.2 Å². The van der Waals surface area contributed by atoms with Crippen LogP contribution < -0.4 is 19.7 Å². The summed E-state index contributed by atoms with van der Waals surface area (Å²) in [7, 11) is 5.01. The molecule has 0 saturated carbocycles. The molecular formula is C20H23N3O3S. The Kier molecular flexibility index (Phi) is 5.51. The summed E-state index contributed by atoms with van der Waals surface area (Å²) >= 11 is 1.60. The first-order valence-corrected chi connectivity index (χ1v) is 9.34. The quantitative estimate of drug-likeness (QED) is 0.695. The molecule has 0 aliphatic carbocycles. The van der Waals surface area contributed by atoms with Crippen molar-refractivity contribution in [3.8, 4) is 11.5 Å². The van der Waals surface area contributed by atoms with Gasteiger partial charge in [-0.1, -0.05) is 23.5 Å². The third-order valence-electron chi connectivity index (χ3n) is 4.32. The molecule has 7 heteroatoms. The van der Waals surface area contributed by atoms with Crippen LogP contribution in [0.1, 0.15) is 11.1 Å². The maximum absolute atomic E-state index is 12.5. The van der Waals surface area contributed by atoms with Crippen molar-refractivity contribution in [2.45, 2.75) is 13.8 Å². The molecule has 142 valence electrons. The van der Waals surface area contributed by atoms with Gasteiger partial charge in [0, 0.05) is 13.1 Å². The molecule has 0 saturated heterocycles. The number of aryl methyl sites for hydroxylation is 2. The molecular weight excluding hydrogens is 362 g/mol. The predicted molar refractivity (Wildman–Crippen MR) is 111 cm³/mol. The van der Waals surface area contributed by atoms with Crippen LogP contribution in [0.3, 0.4) is 0 Å². The van der Waals surface area contributed by atoms with Crippen molar-refractivity contribution in [3.05, 3.63) is 41.5 Å². The van der Waals surface area contributed by atoms with Crippen LogP contribution in [0, 0.1) is 13.8 Å². The van der Waals surface area contributed by atoms with Crippen LogP contribution in [-0.4, -0.2) is 38.7 Å². The number of hydrogen-bond donors (Lipinski definition) is 1.